The predicted molar refractivity (Wildman–Crippen MR) is 69.6 cm³/mol. The number of fused-ring (bicyclic) bond motifs is 1. The van der Waals surface area contributed by atoms with E-state index in [9.17, 15) is 4.79 Å². The first-order valence-corrected chi connectivity index (χ1v) is 5.63. The molecule has 0 fully saturated rings. The van der Waals surface area contributed by atoms with E-state index in [1.165, 1.54) is 0 Å². The molecule has 88 valence electrons. The summed E-state index contributed by atoms with van der Waals surface area (Å²) in [7, 11) is 0. The van der Waals surface area contributed by atoms with Crippen LogP contribution in [0.2, 0.25) is 0 Å². The van der Waals surface area contributed by atoms with Gasteiger partial charge in [-0.3, -0.25) is 4.79 Å². The zero-order valence-corrected chi connectivity index (χ0v) is 9.58. The van der Waals surface area contributed by atoms with E-state index in [0.717, 1.165) is 5.65 Å². The van der Waals surface area contributed by atoms with Gasteiger partial charge in [-0.25, -0.2) is 4.98 Å². The summed E-state index contributed by atoms with van der Waals surface area (Å²) in [6.07, 6.45) is 5.43. The largest absolute Gasteiger partial charge is 0.319 e. The lowest BCUT2D eigenvalue weighted by Gasteiger charge is -2.06. The molecule has 18 heavy (non-hydrogen) atoms. The second-order valence-corrected chi connectivity index (χ2v) is 3.90. The van der Waals surface area contributed by atoms with Crippen LogP contribution in [0.25, 0.3) is 5.65 Å². The van der Waals surface area contributed by atoms with Crippen LogP contribution in [0.4, 0.5) is 5.69 Å². The first-order valence-electron chi connectivity index (χ1n) is 5.63. The first kappa shape index (κ1) is 10.5. The highest BCUT2D eigenvalue weighted by Gasteiger charge is 2.08. The summed E-state index contributed by atoms with van der Waals surface area (Å²) in [5.41, 5.74) is 2.07. The minimum atomic E-state index is -0.133. The Labute approximate surface area is 104 Å². The highest BCUT2D eigenvalue weighted by molar-refractivity contribution is 6.05. The van der Waals surface area contributed by atoms with Gasteiger partial charge in [-0.15, -0.1) is 0 Å². The summed E-state index contributed by atoms with van der Waals surface area (Å²) in [6.45, 7) is 0. The Morgan fingerprint density at radius 1 is 1.06 bits per heavy atom. The van der Waals surface area contributed by atoms with Crippen LogP contribution in [0.1, 0.15) is 10.4 Å². The molecule has 0 atom stereocenters. The van der Waals surface area contributed by atoms with Crippen molar-refractivity contribution in [3.05, 3.63) is 66.6 Å². The highest BCUT2D eigenvalue weighted by atomic mass is 16.1. The minimum absolute atomic E-state index is 0.133. The molecule has 3 aromatic rings. The number of nitrogens with one attached hydrogen (secondary N) is 1. The maximum absolute atomic E-state index is 12.0. The summed E-state index contributed by atoms with van der Waals surface area (Å²) in [4.78, 5) is 16.2. The molecule has 2 aromatic heterocycles. The molecule has 0 saturated carbocycles. The van der Waals surface area contributed by atoms with Gasteiger partial charge in [0.1, 0.15) is 0 Å². The Hall–Kier alpha value is -2.62. The Bertz CT molecular complexity index is 688. The van der Waals surface area contributed by atoms with Gasteiger partial charge >= 0.3 is 0 Å². The Morgan fingerprint density at radius 2 is 1.89 bits per heavy atom. The van der Waals surface area contributed by atoms with Crippen LogP contribution < -0.4 is 5.32 Å². The molecule has 0 unspecified atom stereocenters. The van der Waals surface area contributed by atoms with Crippen molar-refractivity contribution in [2.45, 2.75) is 0 Å². The van der Waals surface area contributed by atoms with Gasteiger partial charge in [0, 0.05) is 24.2 Å². The van der Waals surface area contributed by atoms with Crippen LogP contribution in [0.15, 0.2) is 61.1 Å². The SMILES string of the molecule is O=C(Nc1cccn2ccnc12)c1ccccc1. The lowest BCUT2D eigenvalue weighted by molar-refractivity contribution is 0.102. The van der Waals surface area contributed by atoms with Crippen LogP contribution in [0.5, 0.6) is 0 Å². The van der Waals surface area contributed by atoms with E-state index in [2.05, 4.69) is 10.3 Å². The van der Waals surface area contributed by atoms with Crippen molar-refractivity contribution >= 4 is 17.2 Å². The Kier molecular flexibility index (Phi) is 2.53. The molecular formula is C14H11N3O. The smallest absolute Gasteiger partial charge is 0.255 e. The fraction of sp³-hybridized carbons (Fsp3) is 0. The average Bonchev–Trinajstić information content (AvgIpc) is 2.89. The van der Waals surface area contributed by atoms with Crippen LogP contribution in [0, 0.1) is 0 Å². The molecule has 2 heterocycles. The number of aromatic nitrogens is 2. The molecule has 1 aromatic carbocycles. The molecular weight excluding hydrogens is 226 g/mol. The number of benzene rings is 1. The Balaban J connectivity index is 1.93. The third-order valence-electron chi connectivity index (χ3n) is 2.70. The number of nitrogens with zero attached hydrogens (tertiary/aromatic N) is 2. The number of anilines is 1. The third-order valence-corrected chi connectivity index (χ3v) is 2.70. The van der Waals surface area contributed by atoms with Crippen molar-refractivity contribution in [1.82, 2.24) is 9.38 Å². The molecule has 0 aliphatic rings. The van der Waals surface area contributed by atoms with Gasteiger partial charge in [-0.05, 0) is 24.3 Å². The second-order valence-electron chi connectivity index (χ2n) is 3.90. The van der Waals surface area contributed by atoms with Crippen LogP contribution in [-0.2, 0) is 0 Å². The van der Waals surface area contributed by atoms with Gasteiger partial charge in [0.05, 0.1) is 5.69 Å². The molecule has 1 N–H and O–H groups in total. The van der Waals surface area contributed by atoms with Crippen molar-refractivity contribution in [1.29, 1.82) is 0 Å². The molecule has 0 aliphatic heterocycles. The number of rotatable bonds is 2. The van der Waals surface area contributed by atoms with Gasteiger partial charge in [0.15, 0.2) is 5.65 Å². The number of carbonyl (C=O) groups is 1. The summed E-state index contributed by atoms with van der Waals surface area (Å²) in [5, 5.41) is 2.87. The molecule has 0 spiro atoms. The topological polar surface area (TPSA) is 46.4 Å². The summed E-state index contributed by atoms with van der Waals surface area (Å²) < 4.78 is 1.86. The van der Waals surface area contributed by atoms with E-state index in [4.69, 9.17) is 0 Å². The van der Waals surface area contributed by atoms with Gasteiger partial charge in [0.2, 0.25) is 0 Å². The van der Waals surface area contributed by atoms with E-state index in [1.807, 2.05) is 47.1 Å². The number of imidazole rings is 1. The van der Waals surface area contributed by atoms with Crippen molar-refractivity contribution in [2.24, 2.45) is 0 Å². The molecule has 0 bridgehead atoms. The van der Waals surface area contributed by atoms with Gasteiger partial charge in [0.25, 0.3) is 5.91 Å². The monoisotopic (exact) mass is 237 g/mol. The van der Waals surface area contributed by atoms with E-state index < -0.39 is 0 Å². The van der Waals surface area contributed by atoms with Crippen molar-refractivity contribution in [3.8, 4) is 0 Å². The van der Waals surface area contributed by atoms with E-state index in [1.54, 1.807) is 18.3 Å². The minimum Gasteiger partial charge on any atom is -0.319 e. The zero-order chi connectivity index (χ0) is 12.4. The van der Waals surface area contributed by atoms with Crippen LogP contribution in [0.3, 0.4) is 0 Å². The summed E-state index contributed by atoms with van der Waals surface area (Å²) >= 11 is 0. The molecule has 0 aliphatic carbocycles. The standard InChI is InChI=1S/C14H11N3O/c18-14(11-5-2-1-3-6-11)16-12-7-4-9-17-10-8-15-13(12)17/h1-10H,(H,16,18). The maximum atomic E-state index is 12.0. The molecule has 4 heteroatoms. The van der Waals surface area contributed by atoms with Crippen molar-refractivity contribution in [3.63, 3.8) is 0 Å². The zero-order valence-electron chi connectivity index (χ0n) is 9.58. The number of carbonyl (C=O) groups excluding carboxylic acids is 1. The van der Waals surface area contributed by atoms with Crippen LogP contribution in [-0.4, -0.2) is 15.3 Å². The lowest BCUT2D eigenvalue weighted by Crippen LogP contribution is -2.12. The second kappa shape index (κ2) is 4.33. The van der Waals surface area contributed by atoms with Gasteiger partial charge < -0.3 is 9.72 Å². The molecule has 1 amide bonds. The highest BCUT2D eigenvalue weighted by Crippen LogP contribution is 2.15. The van der Waals surface area contributed by atoms with Crippen LogP contribution >= 0.6 is 0 Å². The Morgan fingerprint density at radius 3 is 2.72 bits per heavy atom. The molecule has 0 radical (unpaired) electrons. The third kappa shape index (κ3) is 1.84. The summed E-state index contributed by atoms with van der Waals surface area (Å²) in [5.74, 6) is -0.133. The van der Waals surface area contributed by atoms with E-state index in [0.29, 0.717) is 11.3 Å². The van der Waals surface area contributed by atoms with Crippen molar-refractivity contribution < 1.29 is 4.79 Å². The van der Waals surface area contributed by atoms with Crippen molar-refractivity contribution in [2.75, 3.05) is 5.32 Å². The fourth-order valence-corrected chi connectivity index (χ4v) is 1.83. The molecule has 3 rings (SSSR count). The molecule has 4 nitrogen and oxygen atoms in total. The summed E-state index contributed by atoms with van der Waals surface area (Å²) in [6, 6.07) is 12.8. The lowest BCUT2D eigenvalue weighted by atomic mass is 10.2. The number of pyridine rings is 1. The molecule has 0 saturated heterocycles. The quantitative estimate of drug-likeness (QED) is 0.744. The maximum Gasteiger partial charge on any atom is 0.255 e. The normalized spacial score (nSPS) is 10.4. The fourth-order valence-electron chi connectivity index (χ4n) is 1.83. The number of hydrogen-bond donors (Lipinski definition) is 1. The van der Waals surface area contributed by atoms with E-state index >= 15 is 0 Å². The predicted octanol–water partition coefficient (Wildman–Crippen LogP) is 2.59. The number of amides is 1. The first-order chi connectivity index (χ1) is 8.84. The number of hydrogen-bond acceptors (Lipinski definition) is 2. The average molecular weight is 237 g/mol. The van der Waals surface area contributed by atoms with Gasteiger partial charge in [-0.2, -0.15) is 0 Å². The van der Waals surface area contributed by atoms with Gasteiger partial charge in [-0.1, -0.05) is 18.2 Å². The van der Waals surface area contributed by atoms with E-state index in [-0.39, 0.29) is 5.91 Å².